The van der Waals surface area contributed by atoms with Crippen molar-refractivity contribution in [2.75, 3.05) is 20.1 Å². The first-order valence-corrected chi connectivity index (χ1v) is 9.46. The Kier molecular flexibility index (Phi) is 6.18. The fourth-order valence-electron chi connectivity index (χ4n) is 3.52. The molecule has 0 aromatic carbocycles. The van der Waals surface area contributed by atoms with Crippen LogP contribution in [-0.4, -0.2) is 63.0 Å². The molecule has 1 atom stereocenters. The van der Waals surface area contributed by atoms with E-state index in [0.29, 0.717) is 19.5 Å². The third-order valence-corrected chi connectivity index (χ3v) is 5.17. The molecule has 8 nitrogen and oxygen atoms in total. The van der Waals surface area contributed by atoms with Crippen LogP contribution in [0.2, 0.25) is 0 Å². The molecule has 28 heavy (non-hydrogen) atoms. The first-order chi connectivity index (χ1) is 13.5. The number of nitrogens with one attached hydrogen (secondary N) is 1. The number of aromatic amines is 1. The van der Waals surface area contributed by atoms with Crippen LogP contribution in [0.5, 0.6) is 0 Å². The molecule has 0 radical (unpaired) electrons. The summed E-state index contributed by atoms with van der Waals surface area (Å²) in [6, 6.07) is 4.56. The summed E-state index contributed by atoms with van der Waals surface area (Å²) in [5.74, 6) is -0.221. The monoisotopic (exact) mass is 383 g/mol. The number of carbonyl (C=O) groups is 2. The van der Waals surface area contributed by atoms with E-state index in [9.17, 15) is 14.4 Å². The third-order valence-electron chi connectivity index (χ3n) is 5.17. The Morgan fingerprint density at radius 3 is 2.82 bits per heavy atom. The molecule has 0 saturated carbocycles. The minimum Gasteiger partial charge on any atom is -0.338 e. The second-order valence-electron chi connectivity index (χ2n) is 7.21. The van der Waals surface area contributed by atoms with Crippen LogP contribution in [0.25, 0.3) is 0 Å². The zero-order valence-corrected chi connectivity index (χ0v) is 16.2. The number of aryl methyl sites for hydroxylation is 1. The summed E-state index contributed by atoms with van der Waals surface area (Å²) in [6.07, 6.45) is 6.62. The van der Waals surface area contributed by atoms with Crippen molar-refractivity contribution in [1.29, 1.82) is 0 Å². The number of H-pyrrole nitrogens is 1. The Balaban J connectivity index is 1.67. The van der Waals surface area contributed by atoms with E-state index < -0.39 is 0 Å². The van der Waals surface area contributed by atoms with Gasteiger partial charge in [-0.3, -0.25) is 19.4 Å². The SMILES string of the molecule is Cc1ccncc1CC(=O)N1CCCC[C@@H]1CN(C)C(=O)c1ccc(=O)[nH]n1. The average Bonchev–Trinajstić information content (AvgIpc) is 2.70. The summed E-state index contributed by atoms with van der Waals surface area (Å²) in [4.78, 5) is 44.2. The maximum absolute atomic E-state index is 12.9. The minimum atomic E-state index is -0.353. The number of aromatic nitrogens is 3. The normalized spacial score (nSPS) is 16.6. The lowest BCUT2D eigenvalue weighted by molar-refractivity contribution is -0.134. The quantitative estimate of drug-likeness (QED) is 0.836. The summed E-state index contributed by atoms with van der Waals surface area (Å²) in [7, 11) is 1.69. The molecule has 8 heteroatoms. The fourth-order valence-corrected chi connectivity index (χ4v) is 3.52. The molecule has 3 heterocycles. The highest BCUT2D eigenvalue weighted by molar-refractivity contribution is 5.92. The molecule has 1 aliphatic heterocycles. The van der Waals surface area contributed by atoms with Crippen molar-refractivity contribution < 1.29 is 9.59 Å². The van der Waals surface area contributed by atoms with Gasteiger partial charge in [0, 0.05) is 44.6 Å². The van der Waals surface area contributed by atoms with E-state index in [0.717, 1.165) is 30.4 Å². The lowest BCUT2D eigenvalue weighted by Crippen LogP contribution is -2.50. The van der Waals surface area contributed by atoms with E-state index in [1.807, 2.05) is 17.9 Å². The van der Waals surface area contributed by atoms with Crippen molar-refractivity contribution >= 4 is 11.8 Å². The highest BCUT2D eigenvalue weighted by Crippen LogP contribution is 2.20. The van der Waals surface area contributed by atoms with E-state index in [4.69, 9.17) is 0 Å². The number of likely N-dealkylation sites (tertiary alicyclic amines) is 1. The maximum atomic E-state index is 12.9. The number of piperidine rings is 1. The van der Waals surface area contributed by atoms with Gasteiger partial charge in [0.05, 0.1) is 6.42 Å². The van der Waals surface area contributed by atoms with Gasteiger partial charge in [-0.1, -0.05) is 0 Å². The minimum absolute atomic E-state index is 0.0325. The summed E-state index contributed by atoms with van der Waals surface area (Å²) < 4.78 is 0. The number of amides is 2. The Labute approximate surface area is 163 Å². The standard InChI is InChI=1S/C20H25N5O3/c1-14-8-9-21-12-15(14)11-19(27)25-10-4-3-5-16(25)13-24(2)20(28)17-6-7-18(26)23-22-17/h6-9,12,16H,3-5,10-11,13H2,1-2H3,(H,23,26)/t16-/m1/s1. The van der Waals surface area contributed by atoms with Gasteiger partial charge in [-0.05, 0) is 49.4 Å². The topological polar surface area (TPSA) is 99.3 Å². The van der Waals surface area contributed by atoms with Gasteiger partial charge in [0.2, 0.25) is 5.91 Å². The summed E-state index contributed by atoms with van der Waals surface area (Å²) >= 11 is 0. The van der Waals surface area contributed by atoms with E-state index in [1.54, 1.807) is 24.3 Å². The fraction of sp³-hybridized carbons (Fsp3) is 0.450. The van der Waals surface area contributed by atoms with Crippen molar-refractivity contribution in [3.8, 4) is 0 Å². The lowest BCUT2D eigenvalue weighted by Gasteiger charge is -2.38. The van der Waals surface area contributed by atoms with E-state index >= 15 is 0 Å². The van der Waals surface area contributed by atoms with Crippen LogP contribution in [0.4, 0.5) is 0 Å². The first-order valence-electron chi connectivity index (χ1n) is 9.46. The number of pyridine rings is 1. The van der Waals surface area contributed by atoms with Crippen molar-refractivity contribution in [2.24, 2.45) is 0 Å². The predicted molar refractivity (Wildman–Crippen MR) is 104 cm³/mol. The predicted octanol–water partition coefficient (Wildman–Crippen LogP) is 1.17. The van der Waals surface area contributed by atoms with E-state index in [2.05, 4.69) is 15.2 Å². The highest BCUT2D eigenvalue weighted by Gasteiger charge is 2.29. The van der Waals surface area contributed by atoms with Crippen molar-refractivity contribution in [3.63, 3.8) is 0 Å². The van der Waals surface area contributed by atoms with E-state index in [1.165, 1.54) is 12.1 Å². The van der Waals surface area contributed by atoms with Crippen molar-refractivity contribution in [3.05, 3.63) is 57.8 Å². The van der Waals surface area contributed by atoms with Gasteiger partial charge in [-0.25, -0.2) is 5.10 Å². The van der Waals surface area contributed by atoms with Crippen LogP contribution in [-0.2, 0) is 11.2 Å². The average molecular weight is 383 g/mol. The second-order valence-corrected chi connectivity index (χ2v) is 7.21. The molecule has 1 aliphatic rings. The first kappa shape index (κ1) is 19.7. The Morgan fingerprint density at radius 2 is 2.11 bits per heavy atom. The van der Waals surface area contributed by atoms with Gasteiger partial charge >= 0.3 is 0 Å². The molecule has 3 rings (SSSR count). The van der Waals surface area contributed by atoms with Crippen LogP contribution in [0.15, 0.2) is 35.4 Å². The largest absolute Gasteiger partial charge is 0.338 e. The number of rotatable bonds is 5. The third kappa shape index (κ3) is 4.62. The molecule has 0 aliphatic carbocycles. The zero-order valence-electron chi connectivity index (χ0n) is 16.2. The number of nitrogens with zero attached hydrogens (tertiary/aromatic N) is 4. The molecule has 0 unspecified atom stereocenters. The molecule has 0 spiro atoms. The smallest absolute Gasteiger partial charge is 0.274 e. The van der Waals surface area contributed by atoms with Gasteiger partial charge < -0.3 is 9.80 Å². The second kappa shape index (κ2) is 8.77. The zero-order chi connectivity index (χ0) is 20.1. The van der Waals surface area contributed by atoms with Gasteiger partial charge in [0.1, 0.15) is 5.69 Å². The van der Waals surface area contributed by atoms with Crippen LogP contribution in [0, 0.1) is 6.92 Å². The lowest BCUT2D eigenvalue weighted by atomic mass is 9.99. The molecular weight excluding hydrogens is 358 g/mol. The summed E-state index contributed by atoms with van der Waals surface area (Å²) in [5.41, 5.74) is 1.81. The van der Waals surface area contributed by atoms with Gasteiger partial charge in [0.25, 0.3) is 11.5 Å². The maximum Gasteiger partial charge on any atom is 0.274 e. The molecule has 2 aromatic rings. The Bertz CT molecular complexity index is 890. The highest BCUT2D eigenvalue weighted by atomic mass is 16.2. The number of likely N-dealkylation sites (N-methyl/N-ethyl adjacent to an activating group) is 1. The molecule has 0 bridgehead atoms. The summed E-state index contributed by atoms with van der Waals surface area (Å²) in [5, 5.41) is 6.07. The molecule has 2 aromatic heterocycles. The molecule has 148 valence electrons. The Morgan fingerprint density at radius 1 is 1.29 bits per heavy atom. The summed E-state index contributed by atoms with van der Waals surface area (Å²) in [6.45, 7) is 3.10. The molecular formula is C20H25N5O3. The number of carbonyl (C=O) groups excluding carboxylic acids is 2. The van der Waals surface area contributed by atoms with Gasteiger partial charge in [-0.2, -0.15) is 5.10 Å². The number of hydrogen-bond acceptors (Lipinski definition) is 5. The van der Waals surface area contributed by atoms with E-state index in [-0.39, 0.29) is 29.1 Å². The Hall–Kier alpha value is -3.03. The molecule has 1 saturated heterocycles. The number of hydrogen-bond donors (Lipinski definition) is 1. The molecule has 2 amide bonds. The van der Waals surface area contributed by atoms with Crippen LogP contribution in [0.3, 0.4) is 0 Å². The van der Waals surface area contributed by atoms with Gasteiger partial charge in [-0.15, -0.1) is 0 Å². The van der Waals surface area contributed by atoms with Gasteiger partial charge in [0.15, 0.2) is 0 Å². The van der Waals surface area contributed by atoms with Crippen LogP contribution < -0.4 is 5.56 Å². The van der Waals surface area contributed by atoms with Crippen molar-refractivity contribution in [1.82, 2.24) is 25.0 Å². The van der Waals surface area contributed by atoms with Crippen molar-refractivity contribution in [2.45, 2.75) is 38.6 Å². The van der Waals surface area contributed by atoms with Crippen LogP contribution >= 0.6 is 0 Å². The molecule has 1 N–H and O–H groups in total. The van der Waals surface area contributed by atoms with Crippen LogP contribution in [0.1, 0.15) is 40.9 Å². The molecule has 1 fully saturated rings.